The van der Waals surface area contributed by atoms with Gasteiger partial charge in [0.05, 0.1) is 0 Å². The van der Waals surface area contributed by atoms with Crippen LogP contribution in [0.15, 0.2) is 6.07 Å². The zero-order valence-electron chi connectivity index (χ0n) is 9.65. The average molecular weight is 270 g/mol. The number of thiol groups is 2. The topological polar surface area (TPSA) is 54.4 Å². The first-order valence-electron chi connectivity index (χ1n) is 5.28. The molecule has 1 aromatic rings. The van der Waals surface area contributed by atoms with Gasteiger partial charge in [-0.3, -0.25) is 9.59 Å². The van der Waals surface area contributed by atoms with Gasteiger partial charge < -0.3 is 5.11 Å². The van der Waals surface area contributed by atoms with Crippen molar-refractivity contribution in [2.45, 2.75) is 26.7 Å². The molecule has 0 amide bonds. The average Bonchev–Trinajstić information content (AvgIpc) is 2.26. The first kappa shape index (κ1) is 14.1. The molecule has 0 heterocycles. The lowest BCUT2D eigenvalue weighted by atomic mass is 9.93. The number of carbonyl (C=O) groups is 2. The molecule has 0 bridgehead atoms. The van der Waals surface area contributed by atoms with E-state index in [4.69, 9.17) is 0 Å². The molecule has 0 aromatic heterocycles. The molecule has 92 valence electrons. The first-order valence-corrected chi connectivity index (χ1v) is 6.17. The predicted octanol–water partition coefficient (Wildman–Crippen LogP) is 2.66. The zero-order valence-corrected chi connectivity index (χ0v) is 11.4. The molecule has 0 fully saturated rings. The standard InChI is InChI=1S/C12H14O3S2/c1-3-6-7(4-2)10(12(15)17)8(11(14)16)5-9(6)13/h5,13H,3-4H2,1-2H3,(H,14,16)(H,15,17). The Morgan fingerprint density at radius 1 is 1.12 bits per heavy atom. The van der Waals surface area contributed by atoms with E-state index in [-0.39, 0.29) is 16.9 Å². The van der Waals surface area contributed by atoms with Crippen molar-refractivity contribution >= 4 is 35.5 Å². The lowest BCUT2D eigenvalue weighted by Crippen LogP contribution is -2.09. The van der Waals surface area contributed by atoms with Gasteiger partial charge in [-0.05, 0) is 30.0 Å². The third-order valence-electron chi connectivity index (χ3n) is 2.68. The van der Waals surface area contributed by atoms with Crippen LogP contribution < -0.4 is 0 Å². The molecule has 3 nitrogen and oxygen atoms in total. The van der Waals surface area contributed by atoms with Gasteiger partial charge in [-0.2, -0.15) is 0 Å². The van der Waals surface area contributed by atoms with Crippen molar-refractivity contribution in [3.63, 3.8) is 0 Å². The fraction of sp³-hybridized carbons (Fsp3) is 0.333. The smallest absolute Gasteiger partial charge is 0.217 e. The summed E-state index contributed by atoms with van der Waals surface area (Å²) >= 11 is 7.50. The molecule has 5 heteroatoms. The lowest BCUT2D eigenvalue weighted by molar-refractivity contribution is 0.106. The van der Waals surface area contributed by atoms with Crippen LogP contribution >= 0.6 is 25.3 Å². The highest BCUT2D eigenvalue weighted by Gasteiger charge is 2.21. The summed E-state index contributed by atoms with van der Waals surface area (Å²) in [7, 11) is 0. The van der Waals surface area contributed by atoms with E-state index in [1.54, 1.807) is 0 Å². The van der Waals surface area contributed by atoms with Crippen molar-refractivity contribution in [3.8, 4) is 5.75 Å². The lowest BCUT2D eigenvalue weighted by Gasteiger charge is -2.15. The Morgan fingerprint density at radius 2 is 1.65 bits per heavy atom. The minimum absolute atomic E-state index is 0.0279. The first-order chi connectivity index (χ1) is 7.93. The van der Waals surface area contributed by atoms with E-state index in [9.17, 15) is 14.7 Å². The summed E-state index contributed by atoms with van der Waals surface area (Å²) in [4.78, 5) is 22.9. The fourth-order valence-corrected chi connectivity index (χ4v) is 2.39. The molecule has 0 saturated carbocycles. The van der Waals surface area contributed by atoms with E-state index in [2.05, 4.69) is 25.3 Å². The summed E-state index contributed by atoms with van der Waals surface area (Å²) in [6, 6.07) is 1.29. The molecule has 17 heavy (non-hydrogen) atoms. The largest absolute Gasteiger partial charge is 0.508 e. The Bertz CT molecular complexity index is 481. The predicted molar refractivity (Wildman–Crippen MR) is 73.5 cm³/mol. The highest BCUT2D eigenvalue weighted by Crippen LogP contribution is 2.31. The Balaban J connectivity index is 3.71. The van der Waals surface area contributed by atoms with E-state index in [1.807, 2.05) is 13.8 Å². The van der Waals surface area contributed by atoms with Crippen LogP contribution in [0.4, 0.5) is 0 Å². The maximum Gasteiger partial charge on any atom is 0.217 e. The normalized spacial score (nSPS) is 10.4. The number of benzene rings is 1. The van der Waals surface area contributed by atoms with Crippen LogP contribution in [0.25, 0.3) is 0 Å². The summed E-state index contributed by atoms with van der Waals surface area (Å²) in [5.41, 5.74) is 1.72. The Kier molecular flexibility index (Phi) is 4.65. The van der Waals surface area contributed by atoms with E-state index in [1.165, 1.54) is 6.07 Å². The molecule has 0 aliphatic rings. The van der Waals surface area contributed by atoms with Gasteiger partial charge in [-0.25, -0.2) is 0 Å². The van der Waals surface area contributed by atoms with Gasteiger partial charge in [-0.1, -0.05) is 13.8 Å². The van der Waals surface area contributed by atoms with Crippen LogP contribution in [0.3, 0.4) is 0 Å². The molecule has 0 aliphatic heterocycles. The Hall–Kier alpha value is -0.940. The van der Waals surface area contributed by atoms with Crippen LogP contribution in [-0.2, 0) is 12.8 Å². The number of carbonyl (C=O) groups excluding carboxylic acids is 2. The molecule has 0 saturated heterocycles. The molecule has 1 rings (SSSR count). The summed E-state index contributed by atoms with van der Waals surface area (Å²) in [5, 5.41) is 8.81. The molecule has 1 aromatic carbocycles. The summed E-state index contributed by atoms with van der Waals surface area (Å²) in [5.74, 6) is 0.0279. The van der Waals surface area contributed by atoms with Gasteiger partial charge in [0.15, 0.2) is 0 Å². The fourth-order valence-electron chi connectivity index (χ4n) is 1.96. The second-order valence-electron chi connectivity index (χ2n) is 3.59. The van der Waals surface area contributed by atoms with E-state index >= 15 is 0 Å². The van der Waals surface area contributed by atoms with Crippen LogP contribution in [-0.4, -0.2) is 15.3 Å². The minimum Gasteiger partial charge on any atom is -0.508 e. The van der Waals surface area contributed by atoms with E-state index in [0.717, 1.165) is 0 Å². The molecule has 1 N–H and O–H groups in total. The molecular weight excluding hydrogens is 256 g/mol. The highest BCUT2D eigenvalue weighted by molar-refractivity contribution is 7.98. The van der Waals surface area contributed by atoms with Crippen molar-refractivity contribution < 1.29 is 14.7 Å². The summed E-state index contributed by atoms with van der Waals surface area (Å²) < 4.78 is 0. The second kappa shape index (κ2) is 5.60. The van der Waals surface area contributed by atoms with Crippen molar-refractivity contribution in [2.75, 3.05) is 0 Å². The van der Waals surface area contributed by atoms with Crippen LogP contribution in [0, 0.1) is 0 Å². The minimum atomic E-state index is -0.546. The molecule has 0 spiro atoms. The van der Waals surface area contributed by atoms with Crippen LogP contribution in [0.2, 0.25) is 0 Å². The van der Waals surface area contributed by atoms with Crippen LogP contribution in [0.5, 0.6) is 5.75 Å². The maximum atomic E-state index is 11.5. The molecule has 0 atom stereocenters. The summed E-state index contributed by atoms with van der Waals surface area (Å²) in [6.07, 6.45) is 1.14. The van der Waals surface area contributed by atoms with E-state index in [0.29, 0.717) is 24.0 Å². The van der Waals surface area contributed by atoms with Crippen molar-refractivity contribution in [2.24, 2.45) is 0 Å². The van der Waals surface area contributed by atoms with Crippen LogP contribution in [0.1, 0.15) is 45.7 Å². The van der Waals surface area contributed by atoms with Gasteiger partial charge >= 0.3 is 0 Å². The van der Waals surface area contributed by atoms with Gasteiger partial charge in [0.1, 0.15) is 5.75 Å². The number of phenols is 1. The third kappa shape index (κ3) is 2.66. The molecule has 0 radical (unpaired) electrons. The quantitative estimate of drug-likeness (QED) is 0.737. The second-order valence-corrected chi connectivity index (χ2v) is 4.41. The Labute approximate surface area is 111 Å². The monoisotopic (exact) mass is 270 g/mol. The molecule has 0 aliphatic carbocycles. The van der Waals surface area contributed by atoms with Gasteiger partial charge in [0.25, 0.3) is 0 Å². The highest BCUT2D eigenvalue weighted by atomic mass is 32.1. The number of rotatable bonds is 4. The van der Waals surface area contributed by atoms with Crippen molar-refractivity contribution in [3.05, 3.63) is 28.3 Å². The maximum absolute atomic E-state index is 11.5. The van der Waals surface area contributed by atoms with Gasteiger partial charge in [0, 0.05) is 11.1 Å². The SMILES string of the molecule is CCc1c(O)cc(C(=O)S)c(C(=O)S)c1CC. The number of hydrogen-bond donors (Lipinski definition) is 3. The summed E-state index contributed by atoms with van der Waals surface area (Å²) in [6.45, 7) is 3.74. The van der Waals surface area contributed by atoms with Gasteiger partial charge in [-0.15, -0.1) is 25.3 Å². The molecular formula is C12H14O3S2. The number of phenolic OH excluding ortho intramolecular Hbond substituents is 1. The number of aromatic hydroxyl groups is 1. The number of hydrogen-bond acceptors (Lipinski definition) is 3. The van der Waals surface area contributed by atoms with Crippen molar-refractivity contribution in [1.29, 1.82) is 0 Å². The molecule has 0 unspecified atom stereocenters. The van der Waals surface area contributed by atoms with E-state index < -0.39 is 10.2 Å². The third-order valence-corrected chi connectivity index (χ3v) is 3.14. The van der Waals surface area contributed by atoms with Crippen molar-refractivity contribution in [1.82, 2.24) is 0 Å². The van der Waals surface area contributed by atoms with Gasteiger partial charge in [0.2, 0.25) is 10.2 Å². The zero-order chi connectivity index (χ0) is 13.2. The Morgan fingerprint density at radius 3 is 2.00 bits per heavy atom.